The molecule has 2 aromatic rings. The van der Waals surface area contributed by atoms with Crippen LogP contribution in [0.2, 0.25) is 0 Å². The number of methoxy groups -OCH3 is 1. The molecule has 2 rings (SSSR count). The van der Waals surface area contributed by atoms with E-state index >= 15 is 0 Å². The van der Waals surface area contributed by atoms with Gasteiger partial charge in [0.2, 0.25) is 0 Å². The maximum Gasteiger partial charge on any atom is 0.306 e. The second kappa shape index (κ2) is 10.1. The van der Waals surface area contributed by atoms with Gasteiger partial charge in [-0.3, -0.25) is 14.4 Å². The van der Waals surface area contributed by atoms with Crippen LogP contribution in [0, 0.1) is 6.92 Å². The molecular weight excluding hydrogens is 346 g/mol. The van der Waals surface area contributed by atoms with Crippen molar-refractivity contribution in [2.75, 3.05) is 13.7 Å². The van der Waals surface area contributed by atoms with Crippen LogP contribution in [0.1, 0.15) is 34.3 Å². The number of esters is 1. The number of aryl methyl sites for hydroxylation is 1. The summed E-state index contributed by atoms with van der Waals surface area (Å²) >= 11 is 0. The number of amides is 1. The summed E-state index contributed by atoms with van der Waals surface area (Å²) in [5, 5.41) is 2.66. The van der Waals surface area contributed by atoms with Crippen LogP contribution < -0.4 is 10.1 Å². The van der Waals surface area contributed by atoms with Gasteiger partial charge in [-0.1, -0.05) is 48.0 Å². The predicted octanol–water partition coefficient (Wildman–Crippen LogP) is 2.83. The summed E-state index contributed by atoms with van der Waals surface area (Å²) in [5.74, 6) is -0.459. The molecule has 0 fully saturated rings. The van der Waals surface area contributed by atoms with Crippen LogP contribution >= 0.6 is 0 Å². The van der Waals surface area contributed by atoms with E-state index in [-0.39, 0.29) is 31.8 Å². The molecule has 0 atom stereocenters. The Balaban J connectivity index is 1.69. The van der Waals surface area contributed by atoms with E-state index < -0.39 is 11.9 Å². The van der Waals surface area contributed by atoms with Crippen LogP contribution in [0.5, 0.6) is 5.75 Å². The monoisotopic (exact) mass is 369 g/mol. The van der Waals surface area contributed by atoms with Crippen LogP contribution in [0.15, 0.2) is 48.5 Å². The van der Waals surface area contributed by atoms with Crippen molar-refractivity contribution < 1.29 is 23.9 Å². The van der Waals surface area contributed by atoms with E-state index in [1.54, 1.807) is 25.3 Å². The van der Waals surface area contributed by atoms with E-state index in [2.05, 4.69) is 5.32 Å². The van der Waals surface area contributed by atoms with Gasteiger partial charge in [0, 0.05) is 24.1 Å². The molecule has 0 aliphatic heterocycles. The molecule has 0 radical (unpaired) electrons. The molecule has 6 heteroatoms. The molecule has 2 aromatic carbocycles. The Hall–Kier alpha value is -3.15. The highest BCUT2D eigenvalue weighted by atomic mass is 16.5. The molecule has 0 saturated heterocycles. The molecule has 27 heavy (non-hydrogen) atoms. The van der Waals surface area contributed by atoms with E-state index in [9.17, 15) is 14.4 Å². The van der Waals surface area contributed by atoms with Crippen molar-refractivity contribution >= 4 is 17.7 Å². The van der Waals surface area contributed by atoms with Crippen molar-refractivity contribution in [3.8, 4) is 5.75 Å². The second-order valence-corrected chi connectivity index (χ2v) is 6.04. The van der Waals surface area contributed by atoms with Crippen LogP contribution in [-0.4, -0.2) is 31.4 Å². The molecule has 0 spiro atoms. The molecule has 0 saturated carbocycles. The van der Waals surface area contributed by atoms with Crippen molar-refractivity contribution in [1.29, 1.82) is 0 Å². The number of carbonyl (C=O) groups excluding carboxylic acids is 3. The standard InChI is InChI=1S/C21H23NO5/c1-15-7-9-16(10-8-15)18(23)11-12-21(25)27-14-20(24)22-13-17-5-3-4-6-19(17)26-2/h3-10H,11-14H2,1-2H3,(H,22,24). The van der Waals surface area contributed by atoms with Gasteiger partial charge in [-0.05, 0) is 13.0 Å². The molecular formula is C21H23NO5. The molecule has 1 amide bonds. The van der Waals surface area contributed by atoms with Gasteiger partial charge < -0.3 is 14.8 Å². The van der Waals surface area contributed by atoms with E-state index in [1.807, 2.05) is 37.3 Å². The SMILES string of the molecule is COc1ccccc1CNC(=O)COC(=O)CCC(=O)c1ccc(C)cc1. The number of ketones is 1. The van der Waals surface area contributed by atoms with Crippen LogP contribution in [0.4, 0.5) is 0 Å². The molecule has 0 bridgehead atoms. The first kappa shape index (κ1) is 20.2. The predicted molar refractivity (Wildman–Crippen MR) is 101 cm³/mol. The normalized spacial score (nSPS) is 10.1. The number of para-hydroxylation sites is 1. The largest absolute Gasteiger partial charge is 0.496 e. The van der Waals surface area contributed by atoms with Gasteiger partial charge in [0.25, 0.3) is 5.91 Å². The molecule has 0 heterocycles. The minimum atomic E-state index is -0.581. The Morgan fingerprint density at radius 2 is 1.67 bits per heavy atom. The van der Waals surface area contributed by atoms with E-state index in [0.29, 0.717) is 11.3 Å². The Morgan fingerprint density at radius 1 is 0.963 bits per heavy atom. The van der Waals surface area contributed by atoms with Gasteiger partial charge in [0.05, 0.1) is 13.5 Å². The maximum absolute atomic E-state index is 12.0. The van der Waals surface area contributed by atoms with Gasteiger partial charge in [-0.25, -0.2) is 0 Å². The summed E-state index contributed by atoms with van der Waals surface area (Å²) in [7, 11) is 1.56. The summed E-state index contributed by atoms with van der Waals surface area (Å²) in [5.41, 5.74) is 2.44. The second-order valence-electron chi connectivity index (χ2n) is 6.04. The van der Waals surface area contributed by atoms with Gasteiger partial charge in [-0.2, -0.15) is 0 Å². The van der Waals surface area contributed by atoms with Crippen molar-refractivity contribution in [2.24, 2.45) is 0 Å². The first-order chi connectivity index (χ1) is 13.0. The van der Waals surface area contributed by atoms with Crippen LogP contribution in [0.3, 0.4) is 0 Å². The Bertz CT molecular complexity index is 798. The highest BCUT2D eigenvalue weighted by Crippen LogP contribution is 2.16. The highest BCUT2D eigenvalue weighted by molar-refractivity contribution is 5.97. The minimum Gasteiger partial charge on any atom is -0.496 e. The lowest BCUT2D eigenvalue weighted by atomic mass is 10.1. The first-order valence-corrected chi connectivity index (χ1v) is 8.63. The van der Waals surface area contributed by atoms with Gasteiger partial charge in [-0.15, -0.1) is 0 Å². The zero-order valence-electron chi connectivity index (χ0n) is 15.5. The topological polar surface area (TPSA) is 81.7 Å². The fourth-order valence-corrected chi connectivity index (χ4v) is 2.41. The lowest BCUT2D eigenvalue weighted by Crippen LogP contribution is -2.28. The highest BCUT2D eigenvalue weighted by Gasteiger charge is 2.12. The van der Waals surface area contributed by atoms with Gasteiger partial charge in [0.15, 0.2) is 12.4 Å². The number of carbonyl (C=O) groups is 3. The van der Waals surface area contributed by atoms with Crippen molar-refractivity contribution in [3.63, 3.8) is 0 Å². The molecule has 0 aliphatic carbocycles. The number of rotatable bonds is 9. The number of Topliss-reactive ketones (excluding diaryl/α,β-unsaturated/α-hetero) is 1. The van der Waals surface area contributed by atoms with Crippen molar-refractivity contribution in [1.82, 2.24) is 5.32 Å². The summed E-state index contributed by atoms with van der Waals surface area (Å²) < 4.78 is 10.1. The Morgan fingerprint density at radius 3 is 2.37 bits per heavy atom. The lowest BCUT2D eigenvalue weighted by molar-refractivity contribution is -0.148. The molecule has 1 N–H and O–H groups in total. The maximum atomic E-state index is 12.0. The first-order valence-electron chi connectivity index (χ1n) is 8.63. The number of hydrogen-bond donors (Lipinski definition) is 1. The zero-order chi connectivity index (χ0) is 19.6. The number of ether oxygens (including phenoxy) is 2. The Kier molecular flexibility index (Phi) is 7.55. The summed E-state index contributed by atoms with van der Waals surface area (Å²) in [6.45, 7) is 1.82. The number of benzene rings is 2. The molecule has 0 aliphatic rings. The zero-order valence-corrected chi connectivity index (χ0v) is 15.5. The van der Waals surface area contributed by atoms with E-state index in [1.165, 1.54) is 0 Å². The molecule has 6 nitrogen and oxygen atoms in total. The Labute approximate surface area is 158 Å². The van der Waals surface area contributed by atoms with Gasteiger partial charge >= 0.3 is 5.97 Å². The van der Waals surface area contributed by atoms with Crippen molar-refractivity contribution in [2.45, 2.75) is 26.3 Å². The fraction of sp³-hybridized carbons (Fsp3) is 0.286. The fourth-order valence-electron chi connectivity index (χ4n) is 2.41. The summed E-state index contributed by atoms with van der Waals surface area (Å²) in [6.07, 6.45) is -0.0166. The molecule has 142 valence electrons. The third-order valence-corrected chi connectivity index (χ3v) is 3.96. The van der Waals surface area contributed by atoms with Crippen LogP contribution in [-0.2, 0) is 20.9 Å². The summed E-state index contributed by atoms with van der Waals surface area (Å²) in [4.78, 5) is 35.6. The third kappa shape index (κ3) is 6.58. The lowest BCUT2D eigenvalue weighted by Gasteiger charge is -2.10. The number of nitrogens with one attached hydrogen (secondary N) is 1. The van der Waals surface area contributed by atoms with Crippen LogP contribution in [0.25, 0.3) is 0 Å². The van der Waals surface area contributed by atoms with Crippen molar-refractivity contribution in [3.05, 3.63) is 65.2 Å². The van der Waals surface area contributed by atoms with E-state index in [0.717, 1.165) is 11.1 Å². The number of hydrogen-bond acceptors (Lipinski definition) is 5. The average Bonchev–Trinajstić information content (AvgIpc) is 2.69. The molecule has 0 aromatic heterocycles. The van der Waals surface area contributed by atoms with E-state index in [4.69, 9.17) is 9.47 Å². The quantitative estimate of drug-likeness (QED) is 0.543. The smallest absolute Gasteiger partial charge is 0.306 e. The average molecular weight is 369 g/mol. The minimum absolute atomic E-state index is 0.0464. The molecule has 0 unspecified atom stereocenters. The van der Waals surface area contributed by atoms with Gasteiger partial charge in [0.1, 0.15) is 5.75 Å². The summed E-state index contributed by atoms with van der Waals surface area (Å²) in [6, 6.07) is 14.5. The third-order valence-electron chi connectivity index (χ3n) is 3.96.